The largest absolute Gasteiger partial charge is 0.480 e. The molecule has 0 atom stereocenters. The van der Waals surface area contributed by atoms with Crippen molar-refractivity contribution >= 4 is 17.6 Å². The van der Waals surface area contributed by atoms with Crippen LogP contribution in [0, 0.1) is 5.41 Å². The Morgan fingerprint density at radius 2 is 1.74 bits per heavy atom. The van der Waals surface area contributed by atoms with E-state index < -0.39 is 5.97 Å². The van der Waals surface area contributed by atoms with Gasteiger partial charge in [0.2, 0.25) is 5.91 Å². The first kappa shape index (κ1) is 15.2. The molecule has 0 aromatic heterocycles. The van der Waals surface area contributed by atoms with E-state index in [1.807, 2.05) is 6.07 Å². The van der Waals surface area contributed by atoms with Crippen LogP contribution in [0.4, 0.5) is 5.69 Å². The molecule has 0 fully saturated rings. The number of carbonyl (C=O) groups is 2. The number of benzene rings is 1. The Kier molecular flexibility index (Phi) is 5.10. The van der Waals surface area contributed by atoms with Crippen molar-refractivity contribution in [3.63, 3.8) is 0 Å². The van der Waals surface area contributed by atoms with Crippen LogP contribution in [-0.2, 0) is 9.59 Å². The summed E-state index contributed by atoms with van der Waals surface area (Å²) in [5, 5.41) is 8.93. The molecular formula is C15H21NO3. The van der Waals surface area contributed by atoms with Gasteiger partial charge in [0.25, 0.3) is 0 Å². The second kappa shape index (κ2) is 6.36. The summed E-state index contributed by atoms with van der Waals surface area (Å²) in [6.45, 7) is 5.88. The minimum absolute atomic E-state index is 0.0568. The van der Waals surface area contributed by atoms with Crippen molar-refractivity contribution in [2.45, 2.75) is 33.6 Å². The van der Waals surface area contributed by atoms with Gasteiger partial charge in [-0.15, -0.1) is 0 Å². The Morgan fingerprint density at radius 3 is 2.21 bits per heavy atom. The fourth-order valence-corrected chi connectivity index (χ4v) is 1.68. The fourth-order valence-electron chi connectivity index (χ4n) is 1.68. The van der Waals surface area contributed by atoms with Gasteiger partial charge in [0, 0.05) is 12.1 Å². The van der Waals surface area contributed by atoms with Gasteiger partial charge in [-0.25, -0.2) is 0 Å². The van der Waals surface area contributed by atoms with E-state index in [0.717, 1.165) is 6.42 Å². The van der Waals surface area contributed by atoms with Crippen molar-refractivity contribution in [2.24, 2.45) is 5.41 Å². The average molecular weight is 263 g/mol. The van der Waals surface area contributed by atoms with Gasteiger partial charge in [0.15, 0.2) is 0 Å². The molecule has 104 valence electrons. The lowest BCUT2D eigenvalue weighted by Gasteiger charge is -2.23. The molecule has 0 spiro atoms. The molecule has 19 heavy (non-hydrogen) atoms. The van der Waals surface area contributed by atoms with E-state index in [1.54, 1.807) is 24.3 Å². The maximum Gasteiger partial charge on any atom is 0.323 e. The number of para-hydroxylation sites is 1. The van der Waals surface area contributed by atoms with E-state index in [-0.39, 0.29) is 17.9 Å². The van der Waals surface area contributed by atoms with Crippen molar-refractivity contribution in [2.75, 3.05) is 11.4 Å². The predicted molar refractivity (Wildman–Crippen MR) is 75.1 cm³/mol. The SMILES string of the molecule is CC(C)(C)CCC(=O)N(CC(=O)O)c1ccccc1. The third-order valence-corrected chi connectivity index (χ3v) is 2.75. The van der Waals surface area contributed by atoms with E-state index >= 15 is 0 Å². The zero-order valence-electron chi connectivity index (χ0n) is 11.7. The summed E-state index contributed by atoms with van der Waals surface area (Å²) in [6, 6.07) is 8.92. The Balaban J connectivity index is 2.80. The van der Waals surface area contributed by atoms with Crippen LogP contribution in [-0.4, -0.2) is 23.5 Å². The summed E-state index contributed by atoms with van der Waals surface area (Å²) in [7, 11) is 0. The number of rotatable bonds is 5. The standard InChI is InChI=1S/C15H21NO3/c1-15(2,3)10-9-13(17)16(11-14(18)19)12-7-5-4-6-8-12/h4-8H,9-11H2,1-3H3,(H,18,19). The van der Waals surface area contributed by atoms with Crippen molar-refractivity contribution in [3.8, 4) is 0 Å². The second-order valence-corrected chi connectivity index (χ2v) is 5.77. The number of aliphatic carboxylic acids is 1. The topological polar surface area (TPSA) is 57.6 Å². The zero-order chi connectivity index (χ0) is 14.5. The quantitative estimate of drug-likeness (QED) is 0.888. The molecule has 4 heteroatoms. The first-order valence-corrected chi connectivity index (χ1v) is 6.37. The molecule has 0 aliphatic carbocycles. The number of anilines is 1. The second-order valence-electron chi connectivity index (χ2n) is 5.77. The van der Waals surface area contributed by atoms with E-state index in [1.165, 1.54) is 4.90 Å². The summed E-state index contributed by atoms with van der Waals surface area (Å²) in [5.41, 5.74) is 0.685. The van der Waals surface area contributed by atoms with E-state index in [2.05, 4.69) is 20.8 Å². The number of nitrogens with zero attached hydrogens (tertiary/aromatic N) is 1. The van der Waals surface area contributed by atoms with Gasteiger partial charge in [-0.3, -0.25) is 9.59 Å². The first-order valence-electron chi connectivity index (χ1n) is 6.37. The zero-order valence-corrected chi connectivity index (χ0v) is 11.7. The van der Waals surface area contributed by atoms with Crippen LogP contribution in [0.5, 0.6) is 0 Å². The molecule has 1 N–H and O–H groups in total. The van der Waals surface area contributed by atoms with Gasteiger partial charge in [0.1, 0.15) is 6.54 Å². The molecule has 0 unspecified atom stereocenters. The predicted octanol–water partition coefficient (Wildman–Crippen LogP) is 2.93. The van der Waals surface area contributed by atoms with E-state index in [9.17, 15) is 9.59 Å². The van der Waals surface area contributed by atoms with Gasteiger partial charge in [-0.1, -0.05) is 39.0 Å². The molecule has 1 aromatic carbocycles. The monoisotopic (exact) mass is 263 g/mol. The van der Waals surface area contributed by atoms with Crippen LogP contribution in [0.25, 0.3) is 0 Å². The molecule has 0 aliphatic rings. The van der Waals surface area contributed by atoms with Crippen molar-refractivity contribution < 1.29 is 14.7 Å². The summed E-state index contributed by atoms with van der Waals surface area (Å²) >= 11 is 0. The lowest BCUT2D eigenvalue weighted by molar-refractivity contribution is -0.136. The summed E-state index contributed by atoms with van der Waals surface area (Å²) in [5.74, 6) is -1.16. The fraction of sp³-hybridized carbons (Fsp3) is 0.467. The third kappa shape index (κ3) is 5.55. The van der Waals surface area contributed by atoms with Crippen LogP contribution in [0.15, 0.2) is 30.3 Å². The summed E-state index contributed by atoms with van der Waals surface area (Å²) < 4.78 is 0. The van der Waals surface area contributed by atoms with Gasteiger partial charge in [-0.2, -0.15) is 0 Å². The lowest BCUT2D eigenvalue weighted by Crippen LogP contribution is -2.36. The number of carbonyl (C=O) groups excluding carboxylic acids is 1. The van der Waals surface area contributed by atoms with Crippen LogP contribution < -0.4 is 4.90 Å². The molecule has 1 rings (SSSR count). The Bertz CT molecular complexity index is 434. The molecule has 4 nitrogen and oxygen atoms in total. The highest BCUT2D eigenvalue weighted by atomic mass is 16.4. The minimum atomic E-state index is -1.01. The van der Waals surface area contributed by atoms with Crippen LogP contribution in [0.1, 0.15) is 33.6 Å². The normalized spacial score (nSPS) is 11.1. The van der Waals surface area contributed by atoms with Crippen molar-refractivity contribution in [1.82, 2.24) is 0 Å². The van der Waals surface area contributed by atoms with Crippen LogP contribution in [0.3, 0.4) is 0 Å². The average Bonchev–Trinajstić information content (AvgIpc) is 2.33. The Hall–Kier alpha value is -1.84. The minimum Gasteiger partial charge on any atom is -0.480 e. The molecular weight excluding hydrogens is 242 g/mol. The molecule has 1 aromatic rings. The molecule has 0 saturated carbocycles. The highest BCUT2D eigenvalue weighted by Gasteiger charge is 2.20. The van der Waals surface area contributed by atoms with E-state index in [0.29, 0.717) is 12.1 Å². The molecule has 0 saturated heterocycles. The van der Waals surface area contributed by atoms with E-state index in [4.69, 9.17) is 5.11 Å². The van der Waals surface area contributed by atoms with Gasteiger partial charge >= 0.3 is 5.97 Å². The first-order chi connectivity index (χ1) is 8.79. The Labute approximate surface area is 114 Å². The molecule has 0 radical (unpaired) electrons. The van der Waals surface area contributed by atoms with Crippen LogP contribution >= 0.6 is 0 Å². The Morgan fingerprint density at radius 1 is 1.16 bits per heavy atom. The number of hydrogen-bond donors (Lipinski definition) is 1. The third-order valence-electron chi connectivity index (χ3n) is 2.75. The van der Waals surface area contributed by atoms with Gasteiger partial charge < -0.3 is 10.0 Å². The maximum atomic E-state index is 12.2. The summed E-state index contributed by atoms with van der Waals surface area (Å²) in [6.07, 6.45) is 1.08. The highest BCUT2D eigenvalue weighted by molar-refractivity contribution is 5.97. The van der Waals surface area contributed by atoms with Crippen molar-refractivity contribution in [1.29, 1.82) is 0 Å². The van der Waals surface area contributed by atoms with Crippen LogP contribution in [0.2, 0.25) is 0 Å². The van der Waals surface area contributed by atoms with Gasteiger partial charge in [0.05, 0.1) is 0 Å². The molecule has 0 bridgehead atoms. The van der Waals surface area contributed by atoms with Crippen molar-refractivity contribution in [3.05, 3.63) is 30.3 Å². The number of hydrogen-bond acceptors (Lipinski definition) is 2. The summed E-state index contributed by atoms with van der Waals surface area (Å²) in [4.78, 5) is 24.4. The maximum absolute atomic E-state index is 12.2. The molecule has 0 aliphatic heterocycles. The smallest absolute Gasteiger partial charge is 0.323 e. The molecule has 1 amide bonds. The highest BCUT2D eigenvalue weighted by Crippen LogP contribution is 2.22. The van der Waals surface area contributed by atoms with Gasteiger partial charge in [-0.05, 0) is 24.0 Å². The molecule has 0 heterocycles. The lowest BCUT2D eigenvalue weighted by atomic mass is 9.90. The number of amides is 1. The number of carboxylic acids is 1. The number of carboxylic acid groups (broad SMARTS) is 1.